The Hall–Kier alpha value is -3.25. The Morgan fingerprint density at radius 3 is 2.75 bits per heavy atom. The van der Waals surface area contributed by atoms with Crippen molar-refractivity contribution in [3.05, 3.63) is 29.7 Å². The smallest absolute Gasteiger partial charge is 0.252 e. The van der Waals surface area contributed by atoms with Crippen LogP contribution in [0.25, 0.3) is 0 Å². The highest BCUT2D eigenvalue weighted by atomic mass is 16.1. The van der Waals surface area contributed by atoms with Gasteiger partial charge in [0.05, 0.1) is 6.54 Å². The Kier molecular flexibility index (Phi) is 6.34. The van der Waals surface area contributed by atoms with Crippen LogP contribution < -0.4 is 15.5 Å². The number of anilines is 3. The summed E-state index contributed by atoms with van der Waals surface area (Å²) in [7, 11) is 2.10. The quantitative estimate of drug-likeness (QED) is 0.706. The number of amides is 1. The van der Waals surface area contributed by atoms with E-state index in [9.17, 15) is 4.79 Å². The van der Waals surface area contributed by atoms with Gasteiger partial charge >= 0.3 is 0 Å². The zero-order valence-electron chi connectivity index (χ0n) is 16.1. The average molecular weight is 380 g/mol. The van der Waals surface area contributed by atoms with E-state index >= 15 is 0 Å². The first-order valence-corrected chi connectivity index (χ1v) is 9.22. The standard InChI is InChI=1S/C19H24N8O/c1-4-7-21-17(28)14-6-8-20-16(13-14)23-18-22-15(5-2)24-19(25-18)27-11-9-26(3)10-12-27/h1,6,8,13H,5,7,9-12H2,2-3H3,(H,21,28)(H,20,22,23,24,25). The van der Waals surface area contributed by atoms with Crippen LogP contribution in [-0.4, -0.2) is 70.5 Å². The maximum absolute atomic E-state index is 12.1. The molecule has 1 amide bonds. The molecular weight excluding hydrogens is 356 g/mol. The van der Waals surface area contributed by atoms with Gasteiger partial charge in [-0.15, -0.1) is 6.42 Å². The van der Waals surface area contributed by atoms with Crippen LogP contribution in [0.15, 0.2) is 18.3 Å². The minimum absolute atomic E-state index is 0.172. The Morgan fingerprint density at radius 2 is 2.04 bits per heavy atom. The third kappa shape index (κ3) is 4.92. The highest BCUT2D eigenvalue weighted by molar-refractivity contribution is 5.95. The maximum atomic E-state index is 12.1. The zero-order valence-corrected chi connectivity index (χ0v) is 16.1. The second kappa shape index (κ2) is 9.10. The van der Waals surface area contributed by atoms with Crippen LogP contribution in [0.4, 0.5) is 17.7 Å². The van der Waals surface area contributed by atoms with Crippen molar-refractivity contribution in [2.75, 3.05) is 50.0 Å². The molecule has 3 heterocycles. The Bertz CT molecular complexity index is 870. The lowest BCUT2D eigenvalue weighted by Crippen LogP contribution is -2.45. The van der Waals surface area contributed by atoms with E-state index in [2.05, 4.69) is 53.3 Å². The fourth-order valence-electron chi connectivity index (χ4n) is 2.76. The predicted molar refractivity (Wildman–Crippen MR) is 108 cm³/mol. The number of terminal acetylenes is 1. The van der Waals surface area contributed by atoms with Crippen LogP contribution >= 0.6 is 0 Å². The molecule has 3 rings (SSSR count). The number of rotatable bonds is 6. The Balaban J connectivity index is 1.79. The number of nitrogens with zero attached hydrogens (tertiary/aromatic N) is 6. The molecule has 0 aromatic carbocycles. The van der Waals surface area contributed by atoms with E-state index in [1.54, 1.807) is 18.3 Å². The molecule has 28 heavy (non-hydrogen) atoms. The number of piperazine rings is 1. The molecule has 2 aromatic rings. The summed E-state index contributed by atoms with van der Waals surface area (Å²) in [4.78, 5) is 34.3. The van der Waals surface area contributed by atoms with Gasteiger partial charge in [-0.2, -0.15) is 15.0 Å². The summed E-state index contributed by atoms with van der Waals surface area (Å²) < 4.78 is 0. The van der Waals surface area contributed by atoms with Crippen molar-refractivity contribution in [2.45, 2.75) is 13.3 Å². The molecule has 1 saturated heterocycles. The number of carbonyl (C=O) groups excluding carboxylic acids is 1. The van der Waals surface area contributed by atoms with Gasteiger partial charge < -0.3 is 20.4 Å². The number of hydrogen-bond donors (Lipinski definition) is 2. The van der Waals surface area contributed by atoms with E-state index in [0.717, 1.165) is 26.2 Å². The molecule has 1 aliphatic heterocycles. The summed E-state index contributed by atoms with van der Waals surface area (Å²) >= 11 is 0. The van der Waals surface area contributed by atoms with Gasteiger partial charge in [0.25, 0.3) is 5.91 Å². The Labute approximate surface area is 164 Å². The van der Waals surface area contributed by atoms with Crippen LogP contribution in [0.2, 0.25) is 0 Å². The van der Waals surface area contributed by atoms with Gasteiger partial charge in [0.2, 0.25) is 11.9 Å². The van der Waals surface area contributed by atoms with Crippen molar-refractivity contribution in [1.29, 1.82) is 0 Å². The molecule has 0 radical (unpaired) electrons. The van der Waals surface area contributed by atoms with Crippen molar-refractivity contribution in [1.82, 2.24) is 30.2 Å². The van der Waals surface area contributed by atoms with Crippen molar-refractivity contribution in [3.63, 3.8) is 0 Å². The maximum Gasteiger partial charge on any atom is 0.252 e. The molecule has 0 atom stereocenters. The van der Waals surface area contributed by atoms with Gasteiger partial charge in [0.1, 0.15) is 11.6 Å². The number of aromatic nitrogens is 4. The topological polar surface area (TPSA) is 99.2 Å². The molecule has 2 N–H and O–H groups in total. The van der Waals surface area contributed by atoms with Gasteiger partial charge in [0.15, 0.2) is 0 Å². The van der Waals surface area contributed by atoms with Crippen molar-refractivity contribution < 1.29 is 4.79 Å². The summed E-state index contributed by atoms with van der Waals surface area (Å²) in [5.41, 5.74) is 0.455. The van der Waals surface area contributed by atoms with E-state index in [-0.39, 0.29) is 12.5 Å². The molecule has 0 aliphatic carbocycles. The van der Waals surface area contributed by atoms with E-state index in [1.807, 2.05) is 6.92 Å². The lowest BCUT2D eigenvalue weighted by atomic mass is 10.2. The molecule has 0 bridgehead atoms. The number of likely N-dealkylation sites (N-methyl/N-ethyl adjacent to an activating group) is 1. The molecule has 1 aliphatic rings. The highest BCUT2D eigenvalue weighted by Crippen LogP contribution is 2.17. The summed E-state index contributed by atoms with van der Waals surface area (Å²) in [6.45, 7) is 5.84. The monoisotopic (exact) mass is 380 g/mol. The van der Waals surface area contributed by atoms with Gasteiger partial charge in [-0.1, -0.05) is 12.8 Å². The largest absolute Gasteiger partial charge is 0.341 e. The van der Waals surface area contributed by atoms with E-state index in [0.29, 0.717) is 35.5 Å². The van der Waals surface area contributed by atoms with E-state index in [1.165, 1.54) is 0 Å². The van der Waals surface area contributed by atoms with Gasteiger partial charge in [0, 0.05) is 44.4 Å². The third-order valence-corrected chi connectivity index (χ3v) is 4.39. The lowest BCUT2D eigenvalue weighted by molar-refractivity contribution is 0.0958. The fourth-order valence-corrected chi connectivity index (χ4v) is 2.76. The summed E-state index contributed by atoms with van der Waals surface area (Å²) in [6.07, 6.45) is 7.43. The molecule has 0 unspecified atom stereocenters. The first kappa shape index (κ1) is 19.5. The van der Waals surface area contributed by atoms with Gasteiger partial charge in [-0.25, -0.2) is 4.98 Å². The zero-order chi connectivity index (χ0) is 19.9. The minimum atomic E-state index is -0.258. The number of carbonyl (C=O) groups is 1. The molecule has 0 spiro atoms. The summed E-state index contributed by atoms with van der Waals surface area (Å²) in [6, 6.07) is 3.26. The van der Waals surface area contributed by atoms with Gasteiger partial charge in [-0.05, 0) is 19.2 Å². The summed E-state index contributed by atoms with van der Waals surface area (Å²) in [5, 5.41) is 5.72. The Morgan fingerprint density at radius 1 is 1.25 bits per heavy atom. The van der Waals surface area contributed by atoms with E-state index in [4.69, 9.17) is 6.42 Å². The predicted octanol–water partition coefficient (Wildman–Crippen LogP) is 0.687. The van der Waals surface area contributed by atoms with Crippen molar-refractivity contribution in [2.24, 2.45) is 0 Å². The van der Waals surface area contributed by atoms with E-state index < -0.39 is 0 Å². The van der Waals surface area contributed by atoms with Gasteiger partial charge in [-0.3, -0.25) is 4.79 Å². The average Bonchev–Trinajstić information content (AvgIpc) is 2.72. The number of aryl methyl sites for hydroxylation is 1. The lowest BCUT2D eigenvalue weighted by Gasteiger charge is -2.32. The molecule has 1 fully saturated rings. The van der Waals surface area contributed by atoms with Crippen LogP contribution in [0.5, 0.6) is 0 Å². The molecule has 9 heteroatoms. The fraction of sp³-hybridized carbons (Fsp3) is 0.421. The number of pyridine rings is 1. The molecule has 0 saturated carbocycles. The first-order valence-electron chi connectivity index (χ1n) is 9.22. The minimum Gasteiger partial charge on any atom is -0.341 e. The number of nitrogens with one attached hydrogen (secondary N) is 2. The third-order valence-electron chi connectivity index (χ3n) is 4.39. The normalized spacial score (nSPS) is 14.4. The highest BCUT2D eigenvalue weighted by Gasteiger charge is 2.18. The van der Waals surface area contributed by atoms with Crippen LogP contribution in [0.1, 0.15) is 23.1 Å². The number of hydrogen-bond acceptors (Lipinski definition) is 8. The SMILES string of the molecule is C#CCNC(=O)c1ccnc(Nc2nc(CC)nc(N3CCN(C)CC3)n2)c1. The van der Waals surface area contributed by atoms with Crippen molar-refractivity contribution >= 4 is 23.6 Å². The molecule has 9 nitrogen and oxygen atoms in total. The summed E-state index contributed by atoms with van der Waals surface area (Å²) in [5.74, 6) is 4.37. The van der Waals surface area contributed by atoms with Crippen molar-refractivity contribution in [3.8, 4) is 12.3 Å². The second-order valence-electron chi connectivity index (χ2n) is 6.46. The molecule has 146 valence electrons. The first-order chi connectivity index (χ1) is 13.6. The second-order valence-corrected chi connectivity index (χ2v) is 6.46. The van der Waals surface area contributed by atoms with Crippen LogP contribution in [0, 0.1) is 12.3 Å². The molecule has 2 aromatic heterocycles. The van der Waals surface area contributed by atoms with Crippen LogP contribution in [0.3, 0.4) is 0 Å². The molecular formula is C19H24N8O. The van der Waals surface area contributed by atoms with Crippen LogP contribution in [-0.2, 0) is 6.42 Å².